The van der Waals surface area contributed by atoms with Crippen LogP contribution in [0.4, 0.5) is 0 Å². The van der Waals surface area contributed by atoms with Crippen molar-refractivity contribution in [2.75, 3.05) is 14.1 Å². The molecule has 0 fully saturated rings. The Bertz CT molecular complexity index is 579. The molecule has 20 heavy (non-hydrogen) atoms. The maximum absolute atomic E-state index is 11.3. The Balaban J connectivity index is 2.13. The molecular formula is C15H18N2O2S. The first-order chi connectivity index (χ1) is 9.56. The Morgan fingerprint density at radius 1 is 1.25 bits per heavy atom. The predicted molar refractivity (Wildman–Crippen MR) is 80.3 cm³/mol. The second-order valence-electron chi connectivity index (χ2n) is 4.91. The minimum Gasteiger partial charge on any atom is -0.477 e. The Labute approximate surface area is 122 Å². The standard InChI is InChI=1S/C15H18N2O2S/c1-17(2)10-13-16-12(14(20-13)15(18)19)9-8-11-6-4-3-5-7-11/h3-7H,8-10H2,1-2H3,(H,18,19). The monoisotopic (exact) mass is 290 g/mol. The van der Waals surface area contributed by atoms with Gasteiger partial charge in [-0.25, -0.2) is 9.78 Å². The molecule has 1 N–H and O–H groups in total. The van der Waals surface area contributed by atoms with E-state index in [1.807, 2.05) is 49.3 Å². The highest BCUT2D eigenvalue weighted by Gasteiger charge is 2.17. The van der Waals surface area contributed by atoms with Crippen LogP contribution < -0.4 is 0 Å². The van der Waals surface area contributed by atoms with Gasteiger partial charge in [0.1, 0.15) is 9.88 Å². The molecule has 2 rings (SSSR count). The minimum atomic E-state index is -0.879. The number of aromatic nitrogens is 1. The highest BCUT2D eigenvalue weighted by atomic mass is 32.1. The minimum absolute atomic E-state index is 0.373. The van der Waals surface area contributed by atoms with E-state index in [1.165, 1.54) is 16.9 Å². The molecule has 4 nitrogen and oxygen atoms in total. The maximum Gasteiger partial charge on any atom is 0.347 e. The van der Waals surface area contributed by atoms with Crippen LogP contribution in [0.2, 0.25) is 0 Å². The Kier molecular flexibility index (Phi) is 4.87. The zero-order chi connectivity index (χ0) is 14.5. The molecule has 106 valence electrons. The van der Waals surface area contributed by atoms with Crippen molar-refractivity contribution >= 4 is 17.3 Å². The number of nitrogens with zero attached hydrogens (tertiary/aromatic N) is 2. The van der Waals surface area contributed by atoms with Crippen molar-refractivity contribution in [2.24, 2.45) is 0 Å². The highest BCUT2D eigenvalue weighted by molar-refractivity contribution is 7.13. The van der Waals surface area contributed by atoms with Gasteiger partial charge in [-0.05, 0) is 32.5 Å². The lowest BCUT2D eigenvalue weighted by Crippen LogP contribution is -2.10. The molecule has 0 atom stereocenters. The lowest BCUT2D eigenvalue weighted by atomic mass is 10.1. The van der Waals surface area contributed by atoms with Gasteiger partial charge in [0.05, 0.1) is 5.69 Å². The molecule has 2 aromatic rings. The average molecular weight is 290 g/mol. The Morgan fingerprint density at radius 3 is 2.55 bits per heavy atom. The van der Waals surface area contributed by atoms with Gasteiger partial charge in [-0.15, -0.1) is 11.3 Å². The van der Waals surface area contributed by atoms with Gasteiger partial charge in [-0.2, -0.15) is 0 Å². The van der Waals surface area contributed by atoms with E-state index in [-0.39, 0.29) is 0 Å². The summed E-state index contributed by atoms with van der Waals surface area (Å²) in [6, 6.07) is 10.1. The summed E-state index contributed by atoms with van der Waals surface area (Å²) in [6.07, 6.45) is 1.47. The first-order valence-corrected chi connectivity index (χ1v) is 7.28. The molecule has 0 amide bonds. The van der Waals surface area contributed by atoms with Crippen LogP contribution in [0.3, 0.4) is 0 Å². The summed E-state index contributed by atoms with van der Waals surface area (Å²) in [7, 11) is 3.90. The number of aromatic carboxylic acids is 1. The van der Waals surface area contributed by atoms with Gasteiger partial charge in [-0.1, -0.05) is 30.3 Å². The van der Waals surface area contributed by atoms with Gasteiger partial charge >= 0.3 is 5.97 Å². The zero-order valence-corrected chi connectivity index (χ0v) is 12.5. The van der Waals surface area contributed by atoms with E-state index in [4.69, 9.17) is 0 Å². The van der Waals surface area contributed by atoms with E-state index >= 15 is 0 Å². The van der Waals surface area contributed by atoms with Crippen LogP contribution in [0, 0.1) is 0 Å². The highest BCUT2D eigenvalue weighted by Crippen LogP contribution is 2.21. The van der Waals surface area contributed by atoms with E-state index in [1.54, 1.807) is 0 Å². The average Bonchev–Trinajstić information content (AvgIpc) is 2.80. The van der Waals surface area contributed by atoms with Crippen LogP contribution in [0.1, 0.15) is 25.9 Å². The van der Waals surface area contributed by atoms with Crippen LogP contribution in [0.15, 0.2) is 30.3 Å². The zero-order valence-electron chi connectivity index (χ0n) is 11.7. The van der Waals surface area contributed by atoms with Gasteiger partial charge in [0.2, 0.25) is 0 Å². The van der Waals surface area contributed by atoms with E-state index in [2.05, 4.69) is 4.98 Å². The normalized spacial score (nSPS) is 10.9. The molecule has 0 unspecified atom stereocenters. The maximum atomic E-state index is 11.3. The van der Waals surface area contributed by atoms with Crippen LogP contribution >= 0.6 is 11.3 Å². The molecule has 0 saturated carbocycles. The molecule has 0 aliphatic carbocycles. The Hall–Kier alpha value is -1.72. The fraction of sp³-hybridized carbons (Fsp3) is 0.333. The molecule has 0 saturated heterocycles. The molecule has 0 radical (unpaired) electrons. The number of carboxylic acids is 1. The number of benzene rings is 1. The van der Waals surface area contributed by atoms with Crippen molar-refractivity contribution in [3.05, 3.63) is 51.5 Å². The molecule has 0 aliphatic heterocycles. The summed E-state index contributed by atoms with van der Waals surface area (Å²) in [4.78, 5) is 18.1. The molecule has 5 heteroatoms. The van der Waals surface area contributed by atoms with Crippen molar-refractivity contribution in [1.82, 2.24) is 9.88 Å². The summed E-state index contributed by atoms with van der Waals surface area (Å²) in [5.74, 6) is -0.879. The van der Waals surface area contributed by atoms with E-state index in [0.717, 1.165) is 11.4 Å². The van der Waals surface area contributed by atoms with Gasteiger partial charge < -0.3 is 10.0 Å². The van der Waals surface area contributed by atoms with Gasteiger partial charge in [0, 0.05) is 6.54 Å². The fourth-order valence-electron chi connectivity index (χ4n) is 1.98. The summed E-state index contributed by atoms with van der Waals surface area (Å²) in [6.45, 7) is 0.677. The number of thiazole rings is 1. The first kappa shape index (κ1) is 14.7. The third-order valence-corrected chi connectivity index (χ3v) is 3.95. The number of carbonyl (C=O) groups is 1. The first-order valence-electron chi connectivity index (χ1n) is 6.47. The van der Waals surface area contributed by atoms with Gasteiger partial charge in [0.15, 0.2) is 0 Å². The summed E-state index contributed by atoms with van der Waals surface area (Å²) < 4.78 is 0. The Morgan fingerprint density at radius 2 is 1.95 bits per heavy atom. The predicted octanol–water partition coefficient (Wildman–Crippen LogP) is 2.69. The number of carboxylic acid groups (broad SMARTS) is 1. The van der Waals surface area contributed by atoms with Crippen LogP contribution in [0.5, 0.6) is 0 Å². The number of hydrogen-bond acceptors (Lipinski definition) is 4. The third-order valence-electron chi connectivity index (χ3n) is 2.88. The van der Waals surface area contributed by atoms with Crippen LogP contribution in [0.25, 0.3) is 0 Å². The van der Waals surface area contributed by atoms with Crippen molar-refractivity contribution in [2.45, 2.75) is 19.4 Å². The van der Waals surface area contributed by atoms with E-state index < -0.39 is 5.97 Å². The molecular weight excluding hydrogens is 272 g/mol. The third kappa shape index (κ3) is 3.88. The molecule has 1 aromatic heterocycles. The summed E-state index contributed by atoms with van der Waals surface area (Å²) in [5.41, 5.74) is 1.90. The van der Waals surface area contributed by atoms with Crippen LogP contribution in [-0.4, -0.2) is 35.1 Å². The number of hydrogen-bond donors (Lipinski definition) is 1. The van der Waals surface area contributed by atoms with Gasteiger partial charge in [0.25, 0.3) is 0 Å². The van der Waals surface area contributed by atoms with Crippen LogP contribution in [-0.2, 0) is 19.4 Å². The molecule has 0 spiro atoms. The fourth-order valence-corrected chi connectivity index (χ4v) is 3.05. The lowest BCUT2D eigenvalue weighted by molar-refractivity contribution is 0.0700. The SMILES string of the molecule is CN(C)Cc1nc(CCc2ccccc2)c(C(=O)O)s1. The van der Waals surface area contributed by atoms with E-state index in [9.17, 15) is 9.90 Å². The smallest absolute Gasteiger partial charge is 0.347 e. The second-order valence-corrected chi connectivity index (χ2v) is 6.00. The molecule has 0 bridgehead atoms. The lowest BCUT2D eigenvalue weighted by Gasteiger charge is -2.05. The van der Waals surface area contributed by atoms with Crippen molar-refractivity contribution in [1.29, 1.82) is 0 Å². The van der Waals surface area contributed by atoms with Crippen molar-refractivity contribution in [3.8, 4) is 0 Å². The topological polar surface area (TPSA) is 53.4 Å². The second kappa shape index (κ2) is 6.63. The van der Waals surface area contributed by atoms with Gasteiger partial charge in [-0.3, -0.25) is 0 Å². The quantitative estimate of drug-likeness (QED) is 0.888. The molecule has 1 aromatic carbocycles. The summed E-state index contributed by atoms with van der Waals surface area (Å²) >= 11 is 1.28. The van der Waals surface area contributed by atoms with Crippen molar-refractivity contribution in [3.63, 3.8) is 0 Å². The largest absolute Gasteiger partial charge is 0.477 e. The molecule has 1 heterocycles. The number of aryl methyl sites for hydroxylation is 2. The van der Waals surface area contributed by atoms with Crippen molar-refractivity contribution < 1.29 is 9.90 Å². The summed E-state index contributed by atoms with van der Waals surface area (Å²) in [5, 5.41) is 10.1. The molecule has 0 aliphatic rings. The van der Waals surface area contributed by atoms with E-state index in [0.29, 0.717) is 23.5 Å². The number of rotatable bonds is 6.